The number of carbonyl (C=O) groups is 1. The lowest BCUT2D eigenvalue weighted by Gasteiger charge is -2.15. The summed E-state index contributed by atoms with van der Waals surface area (Å²) in [5.41, 5.74) is 1.19. The number of nitrogens with zero attached hydrogens (tertiary/aromatic N) is 1. The molecule has 1 atom stereocenters. The molecule has 0 spiro atoms. The second-order valence-corrected chi connectivity index (χ2v) is 3.85. The number of hydrogen-bond acceptors (Lipinski definition) is 3. The zero-order valence-electron chi connectivity index (χ0n) is 9.84. The summed E-state index contributed by atoms with van der Waals surface area (Å²) in [5.74, 6) is 0. The van der Waals surface area contributed by atoms with Crippen LogP contribution >= 0.6 is 0 Å². The first-order valence-electron chi connectivity index (χ1n) is 5.59. The monoisotopic (exact) mass is 238 g/mol. The van der Waals surface area contributed by atoms with Crippen molar-refractivity contribution in [2.45, 2.75) is 19.4 Å². The van der Waals surface area contributed by atoms with Crippen molar-refractivity contribution in [3.63, 3.8) is 0 Å². The average Bonchev–Trinajstić information content (AvgIpc) is 2.35. The van der Waals surface area contributed by atoms with Gasteiger partial charge in [0.1, 0.15) is 0 Å². The van der Waals surface area contributed by atoms with E-state index in [9.17, 15) is 4.79 Å². The molecule has 0 aliphatic rings. The molecule has 0 radical (unpaired) electrons. The van der Waals surface area contributed by atoms with Crippen LogP contribution in [0.3, 0.4) is 0 Å². The molecule has 1 aromatic rings. The van der Waals surface area contributed by atoms with Crippen LogP contribution in [0, 0.1) is 0 Å². The standard InChI is InChI=1S/C12H18N2O3/c1-10(11-6-3-2-4-7-11)13-8-5-9-14(17)12(15)16/h2-4,6-7,10,13,17H,5,8-9H2,1H3,(H,15,16)/t10-/m1/s1. The van der Waals surface area contributed by atoms with Crippen LogP contribution in [0.4, 0.5) is 4.79 Å². The highest BCUT2D eigenvalue weighted by Gasteiger charge is 2.07. The molecule has 3 N–H and O–H groups in total. The van der Waals surface area contributed by atoms with E-state index >= 15 is 0 Å². The third-order valence-electron chi connectivity index (χ3n) is 2.52. The van der Waals surface area contributed by atoms with Crippen LogP contribution in [0.2, 0.25) is 0 Å². The van der Waals surface area contributed by atoms with Crippen LogP contribution < -0.4 is 5.32 Å². The number of carboxylic acid groups (broad SMARTS) is 1. The Morgan fingerprint density at radius 2 is 2.06 bits per heavy atom. The lowest BCUT2D eigenvalue weighted by molar-refractivity contribution is -0.0640. The van der Waals surface area contributed by atoms with E-state index in [1.54, 1.807) is 0 Å². The molecule has 0 bridgehead atoms. The lowest BCUT2D eigenvalue weighted by Crippen LogP contribution is -2.29. The predicted molar refractivity (Wildman–Crippen MR) is 64.0 cm³/mol. The van der Waals surface area contributed by atoms with Crippen LogP contribution in [-0.4, -0.2) is 34.6 Å². The molecule has 0 unspecified atom stereocenters. The Morgan fingerprint density at radius 1 is 1.41 bits per heavy atom. The molecule has 0 saturated carbocycles. The Morgan fingerprint density at radius 3 is 2.65 bits per heavy atom. The van der Waals surface area contributed by atoms with E-state index in [4.69, 9.17) is 10.3 Å². The zero-order valence-corrected chi connectivity index (χ0v) is 9.84. The molecule has 1 aromatic carbocycles. The fourth-order valence-electron chi connectivity index (χ4n) is 1.50. The van der Waals surface area contributed by atoms with Gasteiger partial charge < -0.3 is 10.4 Å². The van der Waals surface area contributed by atoms with Gasteiger partial charge in [0.05, 0.1) is 6.54 Å². The maximum Gasteiger partial charge on any atom is 0.431 e. The van der Waals surface area contributed by atoms with Crippen molar-refractivity contribution in [1.82, 2.24) is 10.4 Å². The van der Waals surface area contributed by atoms with Crippen molar-refractivity contribution in [2.75, 3.05) is 13.1 Å². The van der Waals surface area contributed by atoms with Gasteiger partial charge in [0.2, 0.25) is 0 Å². The maximum atomic E-state index is 10.3. The van der Waals surface area contributed by atoms with Crippen molar-refractivity contribution in [2.24, 2.45) is 0 Å². The highest BCUT2D eigenvalue weighted by Crippen LogP contribution is 2.10. The summed E-state index contributed by atoms with van der Waals surface area (Å²) in [4.78, 5) is 10.3. The van der Waals surface area contributed by atoms with E-state index < -0.39 is 6.09 Å². The van der Waals surface area contributed by atoms with Gasteiger partial charge in [0.25, 0.3) is 0 Å². The first kappa shape index (κ1) is 13.5. The summed E-state index contributed by atoms with van der Waals surface area (Å²) < 4.78 is 0. The fourth-order valence-corrected chi connectivity index (χ4v) is 1.50. The quantitative estimate of drug-likeness (QED) is 0.403. The molecule has 0 aliphatic heterocycles. The van der Waals surface area contributed by atoms with E-state index in [-0.39, 0.29) is 12.6 Å². The molecule has 1 amide bonds. The summed E-state index contributed by atoms with van der Waals surface area (Å²) in [6, 6.07) is 10.2. The van der Waals surface area contributed by atoms with Gasteiger partial charge in [0.15, 0.2) is 0 Å². The number of hydroxylamine groups is 2. The van der Waals surface area contributed by atoms with Crippen molar-refractivity contribution >= 4 is 6.09 Å². The Bertz CT molecular complexity index is 343. The second kappa shape index (κ2) is 6.88. The van der Waals surface area contributed by atoms with E-state index in [1.807, 2.05) is 37.3 Å². The fraction of sp³-hybridized carbons (Fsp3) is 0.417. The van der Waals surface area contributed by atoms with Gasteiger partial charge >= 0.3 is 6.09 Å². The second-order valence-electron chi connectivity index (χ2n) is 3.85. The molecule has 0 aliphatic carbocycles. The van der Waals surface area contributed by atoms with Crippen LogP contribution in [0.25, 0.3) is 0 Å². The number of rotatable bonds is 6. The van der Waals surface area contributed by atoms with E-state index in [1.165, 1.54) is 5.56 Å². The minimum Gasteiger partial charge on any atom is -0.463 e. The normalized spacial score (nSPS) is 12.1. The number of amides is 1. The van der Waals surface area contributed by atoms with Crippen molar-refractivity contribution < 1.29 is 15.1 Å². The zero-order chi connectivity index (χ0) is 12.7. The predicted octanol–water partition coefficient (Wildman–Crippen LogP) is 2.10. The van der Waals surface area contributed by atoms with Crippen LogP contribution in [0.1, 0.15) is 24.9 Å². The minimum atomic E-state index is -1.32. The summed E-state index contributed by atoms with van der Waals surface area (Å²) in [5, 5.41) is 20.9. The molecular formula is C12H18N2O3. The average molecular weight is 238 g/mol. The molecule has 5 heteroatoms. The topological polar surface area (TPSA) is 72.8 Å². The smallest absolute Gasteiger partial charge is 0.431 e. The van der Waals surface area contributed by atoms with Gasteiger partial charge in [0, 0.05) is 6.04 Å². The summed E-state index contributed by atoms with van der Waals surface area (Å²) in [6.45, 7) is 2.81. The summed E-state index contributed by atoms with van der Waals surface area (Å²) in [7, 11) is 0. The highest BCUT2D eigenvalue weighted by atomic mass is 16.6. The summed E-state index contributed by atoms with van der Waals surface area (Å²) in [6.07, 6.45) is -0.749. The minimum absolute atomic E-state index is 0.115. The van der Waals surface area contributed by atoms with Gasteiger partial charge in [-0.25, -0.2) is 4.79 Å². The van der Waals surface area contributed by atoms with Crippen LogP contribution in [0.5, 0.6) is 0 Å². The third kappa shape index (κ3) is 4.84. The maximum absolute atomic E-state index is 10.3. The van der Waals surface area contributed by atoms with Crippen LogP contribution in [0.15, 0.2) is 30.3 Å². The SMILES string of the molecule is C[C@@H](NCCCN(O)C(=O)O)c1ccccc1. The molecule has 5 nitrogen and oxygen atoms in total. The van der Waals surface area contributed by atoms with Crippen molar-refractivity contribution in [3.05, 3.63) is 35.9 Å². The van der Waals surface area contributed by atoms with E-state index in [0.717, 1.165) is 0 Å². The van der Waals surface area contributed by atoms with Gasteiger partial charge in [-0.05, 0) is 25.5 Å². The van der Waals surface area contributed by atoms with Gasteiger partial charge in [-0.1, -0.05) is 30.3 Å². The molecular weight excluding hydrogens is 220 g/mol. The Labute approximate surface area is 101 Å². The molecule has 1 rings (SSSR count). The van der Waals surface area contributed by atoms with Gasteiger partial charge in [-0.3, -0.25) is 5.21 Å². The third-order valence-corrected chi connectivity index (χ3v) is 2.52. The van der Waals surface area contributed by atoms with Crippen molar-refractivity contribution in [1.29, 1.82) is 0 Å². The van der Waals surface area contributed by atoms with E-state index in [2.05, 4.69) is 5.32 Å². The molecule has 0 aromatic heterocycles. The number of nitrogens with one attached hydrogen (secondary N) is 1. The first-order valence-corrected chi connectivity index (χ1v) is 5.59. The largest absolute Gasteiger partial charge is 0.463 e. The van der Waals surface area contributed by atoms with Gasteiger partial charge in [-0.15, -0.1) is 0 Å². The van der Waals surface area contributed by atoms with Gasteiger partial charge in [-0.2, -0.15) is 5.06 Å². The first-order chi connectivity index (χ1) is 8.11. The van der Waals surface area contributed by atoms with Crippen LogP contribution in [-0.2, 0) is 0 Å². The number of benzene rings is 1. The molecule has 94 valence electrons. The Kier molecular flexibility index (Phi) is 5.45. The number of hydrogen-bond donors (Lipinski definition) is 3. The molecule has 0 saturated heterocycles. The highest BCUT2D eigenvalue weighted by molar-refractivity contribution is 5.63. The molecule has 0 fully saturated rings. The molecule has 17 heavy (non-hydrogen) atoms. The molecule has 0 heterocycles. The van der Waals surface area contributed by atoms with Crippen molar-refractivity contribution in [3.8, 4) is 0 Å². The Balaban J connectivity index is 2.21. The Hall–Kier alpha value is -1.59. The van der Waals surface area contributed by atoms with E-state index in [0.29, 0.717) is 18.0 Å². The lowest BCUT2D eigenvalue weighted by atomic mass is 10.1. The summed E-state index contributed by atoms with van der Waals surface area (Å²) >= 11 is 0.